The van der Waals surface area contributed by atoms with Crippen LogP contribution in [0.15, 0.2) is 0 Å². The quantitative estimate of drug-likeness (QED) is 0.476. The summed E-state index contributed by atoms with van der Waals surface area (Å²) in [4.78, 5) is 0. The summed E-state index contributed by atoms with van der Waals surface area (Å²) in [6, 6.07) is 0. The maximum absolute atomic E-state index is 5.50. The van der Waals surface area contributed by atoms with Gasteiger partial charge in [-0.25, -0.2) is 0 Å². The smallest absolute Gasteiger partial charge is 0.00139 e. The van der Waals surface area contributed by atoms with Crippen molar-refractivity contribution in [3.63, 3.8) is 0 Å². The first-order valence-electron chi connectivity index (χ1n) is 3.34. The summed E-state index contributed by atoms with van der Waals surface area (Å²) < 4.78 is 0. The van der Waals surface area contributed by atoms with Crippen LogP contribution in [0.1, 0.15) is 0 Å². The van der Waals surface area contributed by atoms with Gasteiger partial charge in [0.05, 0.1) is 0 Å². The Hall–Kier alpha value is -0.0800. The third-order valence-electron chi connectivity index (χ3n) is 2.54. The van der Waals surface area contributed by atoms with Crippen LogP contribution >= 0.6 is 0 Å². The van der Waals surface area contributed by atoms with E-state index in [0.29, 0.717) is 0 Å². The van der Waals surface area contributed by atoms with Gasteiger partial charge in [-0.05, 0) is 37.4 Å². The fraction of sp³-hybridized carbons (Fsp3) is 1.00. The standard InChI is InChI=1S/C6H12N2/c7-1-4-5-2-8-3-6(4)5/h4-6,8H,1-3,7H2. The maximum Gasteiger partial charge on any atom is -0.00139 e. The first kappa shape index (κ1) is 4.77. The molecule has 1 saturated heterocycles. The molecule has 0 aromatic carbocycles. The van der Waals surface area contributed by atoms with Crippen LogP contribution < -0.4 is 11.1 Å². The molecule has 2 heteroatoms. The predicted octanol–water partition coefficient (Wildman–Crippen LogP) is -0.590. The van der Waals surface area contributed by atoms with Gasteiger partial charge in [-0.3, -0.25) is 0 Å². The third-order valence-corrected chi connectivity index (χ3v) is 2.54. The molecule has 1 aliphatic heterocycles. The molecule has 2 rings (SSSR count). The second-order valence-electron chi connectivity index (χ2n) is 2.89. The molecule has 0 aromatic heterocycles. The first-order valence-corrected chi connectivity index (χ1v) is 3.34. The maximum atomic E-state index is 5.50. The fourth-order valence-corrected chi connectivity index (χ4v) is 1.90. The topological polar surface area (TPSA) is 38.0 Å². The molecule has 0 spiro atoms. The lowest BCUT2D eigenvalue weighted by molar-refractivity contribution is 0.604. The molecule has 2 nitrogen and oxygen atoms in total. The SMILES string of the molecule is NCC1C2CNCC12. The molecule has 46 valence electrons. The van der Waals surface area contributed by atoms with Crippen molar-refractivity contribution in [2.75, 3.05) is 19.6 Å². The number of nitrogens with two attached hydrogens (primary N) is 1. The Kier molecular flexibility index (Phi) is 0.866. The minimum absolute atomic E-state index is 0.885. The second kappa shape index (κ2) is 1.45. The molecular weight excluding hydrogens is 100 g/mol. The van der Waals surface area contributed by atoms with E-state index in [1.807, 2.05) is 0 Å². The van der Waals surface area contributed by atoms with Gasteiger partial charge in [0.1, 0.15) is 0 Å². The van der Waals surface area contributed by atoms with E-state index in [4.69, 9.17) is 5.73 Å². The summed E-state index contributed by atoms with van der Waals surface area (Å²) in [5.74, 6) is 2.80. The third kappa shape index (κ3) is 0.446. The fourth-order valence-electron chi connectivity index (χ4n) is 1.90. The average Bonchev–Trinajstić information content (AvgIpc) is 2.22. The van der Waals surface area contributed by atoms with Crippen molar-refractivity contribution in [2.45, 2.75) is 0 Å². The highest BCUT2D eigenvalue weighted by Crippen LogP contribution is 2.47. The summed E-state index contributed by atoms with van der Waals surface area (Å²) in [7, 11) is 0. The molecule has 1 heterocycles. The number of nitrogens with one attached hydrogen (secondary N) is 1. The van der Waals surface area contributed by atoms with Crippen molar-refractivity contribution in [1.82, 2.24) is 5.32 Å². The second-order valence-corrected chi connectivity index (χ2v) is 2.89. The van der Waals surface area contributed by atoms with Crippen LogP contribution in [0, 0.1) is 17.8 Å². The van der Waals surface area contributed by atoms with Gasteiger partial charge in [-0.1, -0.05) is 0 Å². The highest BCUT2D eigenvalue weighted by atomic mass is 15.0. The predicted molar refractivity (Wildman–Crippen MR) is 32.4 cm³/mol. The summed E-state index contributed by atoms with van der Waals surface area (Å²) in [5, 5.41) is 3.33. The minimum atomic E-state index is 0.885. The average molecular weight is 112 g/mol. The normalized spacial score (nSPS) is 51.4. The molecule has 2 atom stereocenters. The van der Waals surface area contributed by atoms with Gasteiger partial charge in [0.15, 0.2) is 0 Å². The molecule has 0 radical (unpaired) electrons. The van der Waals surface area contributed by atoms with E-state index in [-0.39, 0.29) is 0 Å². The highest BCUT2D eigenvalue weighted by molar-refractivity contribution is 5.03. The van der Waals surface area contributed by atoms with Crippen LogP contribution in [0.2, 0.25) is 0 Å². The van der Waals surface area contributed by atoms with E-state index >= 15 is 0 Å². The van der Waals surface area contributed by atoms with Gasteiger partial charge < -0.3 is 11.1 Å². The molecule has 1 aliphatic carbocycles. The molecule has 3 N–H and O–H groups in total. The Morgan fingerprint density at radius 3 is 2.38 bits per heavy atom. The monoisotopic (exact) mass is 112 g/mol. The van der Waals surface area contributed by atoms with E-state index in [0.717, 1.165) is 24.3 Å². The number of hydrogen-bond donors (Lipinski definition) is 2. The van der Waals surface area contributed by atoms with Gasteiger partial charge >= 0.3 is 0 Å². The van der Waals surface area contributed by atoms with Crippen LogP contribution in [0.5, 0.6) is 0 Å². The Morgan fingerprint density at radius 1 is 1.38 bits per heavy atom. The van der Waals surface area contributed by atoms with Crippen molar-refractivity contribution in [1.29, 1.82) is 0 Å². The largest absolute Gasteiger partial charge is 0.330 e. The zero-order chi connectivity index (χ0) is 5.56. The Labute approximate surface area is 49.4 Å². The summed E-state index contributed by atoms with van der Waals surface area (Å²) in [6.45, 7) is 3.37. The summed E-state index contributed by atoms with van der Waals surface area (Å²) in [5.41, 5.74) is 5.50. The van der Waals surface area contributed by atoms with Gasteiger partial charge in [-0.15, -0.1) is 0 Å². The van der Waals surface area contributed by atoms with Crippen molar-refractivity contribution in [3.8, 4) is 0 Å². The van der Waals surface area contributed by atoms with Crippen LogP contribution in [0.4, 0.5) is 0 Å². The van der Waals surface area contributed by atoms with Crippen LogP contribution in [-0.4, -0.2) is 19.6 Å². The number of piperidine rings is 1. The van der Waals surface area contributed by atoms with E-state index in [9.17, 15) is 0 Å². The van der Waals surface area contributed by atoms with Gasteiger partial charge in [0.2, 0.25) is 0 Å². The molecule has 0 bridgehead atoms. The zero-order valence-corrected chi connectivity index (χ0v) is 4.93. The van der Waals surface area contributed by atoms with Crippen molar-refractivity contribution >= 4 is 0 Å². The summed E-state index contributed by atoms with van der Waals surface area (Å²) >= 11 is 0. The number of fused-ring (bicyclic) bond motifs is 1. The zero-order valence-electron chi connectivity index (χ0n) is 4.93. The van der Waals surface area contributed by atoms with E-state index in [1.54, 1.807) is 0 Å². The molecule has 8 heavy (non-hydrogen) atoms. The molecule has 0 amide bonds. The molecule has 0 aromatic rings. The lowest BCUT2D eigenvalue weighted by Crippen LogP contribution is -2.18. The molecular formula is C6H12N2. The Balaban J connectivity index is 1.94. The first-order chi connectivity index (χ1) is 3.93. The Morgan fingerprint density at radius 2 is 2.00 bits per heavy atom. The molecule has 2 unspecified atom stereocenters. The van der Waals surface area contributed by atoms with Crippen molar-refractivity contribution in [3.05, 3.63) is 0 Å². The highest BCUT2D eigenvalue weighted by Gasteiger charge is 2.51. The number of rotatable bonds is 1. The van der Waals surface area contributed by atoms with E-state index < -0.39 is 0 Å². The van der Waals surface area contributed by atoms with E-state index in [1.165, 1.54) is 13.1 Å². The molecule has 2 fully saturated rings. The van der Waals surface area contributed by atoms with Gasteiger partial charge in [-0.2, -0.15) is 0 Å². The van der Waals surface area contributed by atoms with Crippen LogP contribution in [0.25, 0.3) is 0 Å². The lowest BCUT2D eigenvalue weighted by Gasteiger charge is -1.97. The van der Waals surface area contributed by atoms with E-state index in [2.05, 4.69) is 5.32 Å². The van der Waals surface area contributed by atoms with Crippen molar-refractivity contribution < 1.29 is 0 Å². The minimum Gasteiger partial charge on any atom is -0.330 e. The lowest BCUT2D eigenvalue weighted by atomic mass is 10.3. The van der Waals surface area contributed by atoms with Gasteiger partial charge in [0, 0.05) is 0 Å². The Bertz CT molecular complexity index is 85.9. The van der Waals surface area contributed by atoms with Crippen molar-refractivity contribution in [2.24, 2.45) is 23.5 Å². The molecule has 1 saturated carbocycles. The number of hydrogen-bond acceptors (Lipinski definition) is 2. The summed E-state index contributed by atoms with van der Waals surface area (Å²) in [6.07, 6.45) is 0. The van der Waals surface area contributed by atoms with Crippen LogP contribution in [0.3, 0.4) is 0 Å². The van der Waals surface area contributed by atoms with Gasteiger partial charge in [0.25, 0.3) is 0 Å². The van der Waals surface area contributed by atoms with Crippen LogP contribution in [-0.2, 0) is 0 Å². The molecule has 2 aliphatic rings.